The molecule has 0 aliphatic carbocycles. The van der Waals surface area contributed by atoms with Crippen molar-refractivity contribution in [2.24, 2.45) is 0 Å². The fourth-order valence-electron chi connectivity index (χ4n) is 2.77. The van der Waals surface area contributed by atoms with Gasteiger partial charge in [-0.3, -0.25) is 4.79 Å². The van der Waals surface area contributed by atoms with Crippen LogP contribution in [-0.4, -0.2) is 44.9 Å². The number of benzene rings is 1. The highest BCUT2D eigenvalue weighted by Crippen LogP contribution is 2.19. The first-order valence-corrected chi connectivity index (χ1v) is 9.80. The second-order valence-corrected chi connectivity index (χ2v) is 8.38. The molecule has 1 aliphatic heterocycles. The van der Waals surface area contributed by atoms with E-state index in [1.807, 2.05) is 0 Å². The second-order valence-electron chi connectivity index (χ2n) is 6.34. The Labute approximate surface area is 153 Å². The largest absolute Gasteiger partial charge is 0.465 e. The van der Waals surface area contributed by atoms with Crippen LogP contribution in [0.2, 0.25) is 0 Å². The molecule has 2 heterocycles. The van der Waals surface area contributed by atoms with Gasteiger partial charge in [0.25, 0.3) is 5.91 Å². The van der Waals surface area contributed by atoms with Gasteiger partial charge >= 0.3 is 0 Å². The van der Waals surface area contributed by atoms with Gasteiger partial charge in [0.2, 0.25) is 10.0 Å². The van der Waals surface area contributed by atoms with E-state index < -0.39 is 10.0 Å². The zero-order valence-electron chi connectivity index (χ0n) is 14.8. The lowest BCUT2D eigenvalue weighted by molar-refractivity contribution is 0.0929. The SMILES string of the molecule is Cc1ccc(CN(C)S(=O)(=O)c2cccc(C(=O)NC3CCOC3)c2)o1. The number of ether oxygens (including phenoxy) is 1. The van der Waals surface area contributed by atoms with Crippen LogP contribution in [-0.2, 0) is 21.3 Å². The third kappa shape index (κ3) is 4.14. The Bertz CT molecular complexity index is 884. The van der Waals surface area contributed by atoms with E-state index in [4.69, 9.17) is 9.15 Å². The summed E-state index contributed by atoms with van der Waals surface area (Å²) in [5, 5.41) is 2.86. The van der Waals surface area contributed by atoms with E-state index in [2.05, 4.69) is 5.32 Å². The summed E-state index contributed by atoms with van der Waals surface area (Å²) in [6, 6.07) is 9.53. The molecule has 1 aliphatic rings. The molecule has 1 atom stereocenters. The molecule has 0 radical (unpaired) electrons. The van der Waals surface area contributed by atoms with Crippen LogP contribution in [0.4, 0.5) is 0 Å². The molecule has 26 heavy (non-hydrogen) atoms. The monoisotopic (exact) mass is 378 g/mol. The van der Waals surface area contributed by atoms with Crippen molar-refractivity contribution >= 4 is 15.9 Å². The molecule has 3 rings (SSSR count). The maximum absolute atomic E-state index is 12.8. The topological polar surface area (TPSA) is 88.9 Å². The zero-order valence-corrected chi connectivity index (χ0v) is 15.6. The Hall–Kier alpha value is -2.16. The number of amides is 1. The smallest absolute Gasteiger partial charge is 0.251 e. The molecule has 1 fully saturated rings. The maximum atomic E-state index is 12.8. The van der Waals surface area contributed by atoms with Crippen molar-refractivity contribution in [2.75, 3.05) is 20.3 Å². The average Bonchev–Trinajstić information content (AvgIpc) is 3.26. The van der Waals surface area contributed by atoms with Gasteiger partial charge in [-0.1, -0.05) is 6.07 Å². The van der Waals surface area contributed by atoms with Gasteiger partial charge in [0.1, 0.15) is 11.5 Å². The Morgan fingerprint density at radius 1 is 1.31 bits per heavy atom. The highest BCUT2D eigenvalue weighted by atomic mass is 32.2. The van der Waals surface area contributed by atoms with Crippen molar-refractivity contribution in [1.29, 1.82) is 0 Å². The summed E-state index contributed by atoms with van der Waals surface area (Å²) in [4.78, 5) is 12.4. The lowest BCUT2D eigenvalue weighted by Gasteiger charge is -2.17. The van der Waals surface area contributed by atoms with E-state index in [0.29, 0.717) is 24.5 Å². The number of hydrogen-bond acceptors (Lipinski definition) is 5. The Balaban J connectivity index is 1.75. The molecule has 0 saturated carbocycles. The van der Waals surface area contributed by atoms with Gasteiger partial charge in [0, 0.05) is 19.2 Å². The predicted octanol–water partition coefficient (Wildman–Crippen LogP) is 1.93. The van der Waals surface area contributed by atoms with Crippen LogP contribution in [0.25, 0.3) is 0 Å². The molecule has 7 nitrogen and oxygen atoms in total. The quantitative estimate of drug-likeness (QED) is 0.830. The van der Waals surface area contributed by atoms with E-state index >= 15 is 0 Å². The minimum Gasteiger partial charge on any atom is -0.465 e. The number of nitrogens with zero attached hydrogens (tertiary/aromatic N) is 1. The summed E-state index contributed by atoms with van der Waals surface area (Å²) in [7, 11) is -2.26. The summed E-state index contributed by atoms with van der Waals surface area (Å²) in [6.07, 6.45) is 0.759. The normalized spacial score (nSPS) is 17.6. The molecule has 0 spiro atoms. The number of carbonyl (C=O) groups is 1. The summed E-state index contributed by atoms with van der Waals surface area (Å²) in [5.74, 6) is 0.978. The van der Waals surface area contributed by atoms with E-state index in [-0.39, 0.29) is 23.4 Å². The summed E-state index contributed by atoms with van der Waals surface area (Å²) >= 11 is 0. The molecular formula is C18H22N2O5S. The number of aryl methyl sites for hydroxylation is 1. The molecular weight excluding hydrogens is 356 g/mol. The summed E-state index contributed by atoms with van der Waals surface area (Å²) in [5.41, 5.74) is 0.306. The number of rotatable bonds is 6. The van der Waals surface area contributed by atoms with Crippen LogP contribution in [0.15, 0.2) is 45.7 Å². The van der Waals surface area contributed by atoms with Gasteiger partial charge in [-0.15, -0.1) is 0 Å². The number of furan rings is 1. The van der Waals surface area contributed by atoms with Gasteiger partial charge in [-0.05, 0) is 43.7 Å². The van der Waals surface area contributed by atoms with Gasteiger partial charge < -0.3 is 14.5 Å². The first kappa shape index (κ1) is 18.6. The molecule has 2 aromatic rings. The van der Waals surface area contributed by atoms with Crippen molar-refractivity contribution in [2.45, 2.75) is 30.8 Å². The van der Waals surface area contributed by atoms with Crippen molar-refractivity contribution in [3.8, 4) is 0 Å². The van der Waals surface area contributed by atoms with Gasteiger partial charge in [-0.2, -0.15) is 4.31 Å². The molecule has 1 amide bonds. The number of nitrogens with one attached hydrogen (secondary N) is 1. The van der Waals surface area contributed by atoms with E-state index in [0.717, 1.165) is 12.2 Å². The lowest BCUT2D eigenvalue weighted by Crippen LogP contribution is -2.35. The van der Waals surface area contributed by atoms with Crippen LogP contribution in [0, 0.1) is 6.92 Å². The zero-order chi connectivity index (χ0) is 18.7. The number of hydrogen-bond donors (Lipinski definition) is 1. The molecule has 0 bridgehead atoms. The number of carbonyl (C=O) groups excluding carboxylic acids is 1. The van der Waals surface area contributed by atoms with E-state index in [9.17, 15) is 13.2 Å². The standard InChI is InChI=1S/C18H22N2O5S/c1-13-6-7-16(25-13)11-20(2)26(22,23)17-5-3-4-14(10-17)18(21)19-15-8-9-24-12-15/h3-7,10,15H,8-9,11-12H2,1-2H3,(H,19,21). The van der Waals surface area contributed by atoms with Crippen LogP contribution in [0.5, 0.6) is 0 Å². The van der Waals surface area contributed by atoms with E-state index in [1.165, 1.54) is 23.5 Å². The third-order valence-electron chi connectivity index (χ3n) is 4.24. The maximum Gasteiger partial charge on any atom is 0.251 e. The summed E-state index contributed by atoms with van der Waals surface area (Å²) < 4.78 is 37.5. The van der Waals surface area contributed by atoms with Crippen LogP contribution in [0.3, 0.4) is 0 Å². The van der Waals surface area contributed by atoms with Crippen molar-refractivity contribution < 1.29 is 22.4 Å². The van der Waals surface area contributed by atoms with Crippen molar-refractivity contribution in [3.05, 3.63) is 53.5 Å². The molecule has 140 valence electrons. The second kappa shape index (κ2) is 7.61. The first-order valence-electron chi connectivity index (χ1n) is 8.36. The molecule has 8 heteroatoms. The summed E-state index contributed by atoms with van der Waals surface area (Å²) in [6.45, 7) is 3.02. The predicted molar refractivity (Wildman–Crippen MR) is 95.2 cm³/mol. The van der Waals surface area contributed by atoms with Gasteiger partial charge in [0.15, 0.2) is 0 Å². The van der Waals surface area contributed by atoms with E-state index in [1.54, 1.807) is 31.2 Å². The third-order valence-corrected chi connectivity index (χ3v) is 6.04. The lowest BCUT2D eigenvalue weighted by atomic mass is 10.2. The van der Waals surface area contributed by atoms with Gasteiger partial charge in [0.05, 0.1) is 24.1 Å². The highest BCUT2D eigenvalue weighted by Gasteiger charge is 2.24. The van der Waals surface area contributed by atoms with Crippen LogP contribution >= 0.6 is 0 Å². The van der Waals surface area contributed by atoms with Crippen molar-refractivity contribution in [3.63, 3.8) is 0 Å². The fraction of sp³-hybridized carbons (Fsp3) is 0.389. The van der Waals surface area contributed by atoms with Gasteiger partial charge in [-0.25, -0.2) is 8.42 Å². The Morgan fingerprint density at radius 3 is 2.77 bits per heavy atom. The van der Waals surface area contributed by atoms with Crippen LogP contribution in [0.1, 0.15) is 28.3 Å². The molecule has 1 aromatic heterocycles. The molecule has 1 saturated heterocycles. The minimum atomic E-state index is -3.74. The van der Waals surface area contributed by atoms with Crippen LogP contribution < -0.4 is 5.32 Å². The average molecular weight is 378 g/mol. The Morgan fingerprint density at radius 2 is 2.12 bits per heavy atom. The highest BCUT2D eigenvalue weighted by molar-refractivity contribution is 7.89. The molecule has 1 unspecified atom stereocenters. The molecule has 1 aromatic carbocycles. The van der Waals surface area contributed by atoms with Crippen molar-refractivity contribution in [1.82, 2.24) is 9.62 Å². The number of sulfonamides is 1. The molecule has 1 N–H and O–H groups in total. The fourth-order valence-corrected chi connectivity index (χ4v) is 3.95. The minimum absolute atomic E-state index is 0.0346. The first-order chi connectivity index (χ1) is 12.4. The Kier molecular flexibility index (Phi) is 5.45.